The van der Waals surface area contributed by atoms with Crippen LogP contribution in [0.2, 0.25) is 0 Å². The van der Waals surface area contributed by atoms with E-state index in [9.17, 15) is 14.4 Å². The molecule has 0 radical (unpaired) electrons. The van der Waals surface area contributed by atoms with E-state index in [1.54, 1.807) is 12.2 Å². The summed E-state index contributed by atoms with van der Waals surface area (Å²) in [5.74, 6) is -1.73. The minimum absolute atomic E-state index is 0.0407. The first kappa shape index (κ1) is 26.2. The Balaban J connectivity index is 2.45. The van der Waals surface area contributed by atoms with E-state index in [0.717, 1.165) is 6.42 Å². The summed E-state index contributed by atoms with van der Waals surface area (Å²) in [5, 5.41) is 0. The third-order valence-electron chi connectivity index (χ3n) is 5.67. The van der Waals surface area contributed by atoms with Crippen LogP contribution < -0.4 is 0 Å². The summed E-state index contributed by atoms with van der Waals surface area (Å²) in [6, 6.07) is 0. The monoisotopic (exact) mass is 452 g/mol. The first-order chi connectivity index (χ1) is 15.4. The van der Waals surface area contributed by atoms with Crippen molar-refractivity contribution in [2.45, 2.75) is 77.5 Å². The summed E-state index contributed by atoms with van der Waals surface area (Å²) in [6.07, 6.45) is 6.23. The molecular weight excluding hydrogens is 416 g/mol. The molecule has 2 aliphatic heterocycles. The molecule has 1 fully saturated rings. The van der Waals surface area contributed by atoms with Crippen LogP contribution in [0.4, 0.5) is 0 Å². The van der Waals surface area contributed by atoms with Gasteiger partial charge in [-0.2, -0.15) is 0 Å². The molecule has 0 spiro atoms. The third-order valence-corrected chi connectivity index (χ3v) is 5.67. The number of allylic oxidation sites excluding steroid dienone is 4. The van der Waals surface area contributed by atoms with E-state index in [4.69, 9.17) is 23.7 Å². The number of esters is 2. The number of carbonyl (C=O) groups is 3. The van der Waals surface area contributed by atoms with E-state index in [2.05, 4.69) is 0 Å². The average molecular weight is 453 g/mol. The molecule has 0 amide bonds. The molecule has 0 N–H and O–H groups in total. The predicted molar refractivity (Wildman–Crippen MR) is 117 cm³/mol. The fourth-order valence-electron chi connectivity index (χ4n) is 4.13. The van der Waals surface area contributed by atoms with Crippen LogP contribution in [-0.4, -0.2) is 62.6 Å². The van der Waals surface area contributed by atoms with Gasteiger partial charge in [0.1, 0.15) is 18.3 Å². The normalized spacial score (nSPS) is 27.7. The topological polar surface area (TPSA) is 97.4 Å². The van der Waals surface area contributed by atoms with Gasteiger partial charge in [0.15, 0.2) is 12.1 Å². The molecule has 0 aliphatic carbocycles. The summed E-state index contributed by atoms with van der Waals surface area (Å²) in [6.45, 7) is 5.96. The maximum absolute atomic E-state index is 12.7. The second-order valence-corrected chi connectivity index (χ2v) is 8.23. The smallest absolute Gasteiger partial charge is 0.306 e. The fourth-order valence-corrected chi connectivity index (χ4v) is 4.13. The lowest BCUT2D eigenvalue weighted by Gasteiger charge is -2.38. The lowest BCUT2D eigenvalue weighted by Crippen LogP contribution is -2.51. The Morgan fingerprint density at radius 3 is 2.56 bits per heavy atom. The first-order valence-corrected chi connectivity index (χ1v) is 11.4. The lowest BCUT2D eigenvalue weighted by molar-refractivity contribution is -0.198. The number of carbonyl (C=O) groups excluding carboxylic acids is 3. The zero-order valence-corrected chi connectivity index (χ0v) is 19.5. The van der Waals surface area contributed by atoms with Gasteiger partial charge in [0.2, 0.25) is 0 Å². The second kappa shape index (κ2) is 13.5. The minimum atomic E-state index is -0.824. The molecule has 0 aromatic rings. The van der Waals surface area contributed by atoms with Crippen molar-refractivity contribution in [1.29, 1.82) is 0 Å². The molecule has 180 valence electrons. The fraction of sp³-hybridized carbons (Fsp3) is 0.708. The van der Waals surface area contributed by atoms with Crippen LogP contribution in [0.25, 0.3) is 0 Å². The number of hydrogen-bond acceptors (Lipinski definition) is 8. The van der Waals surface area contributed by atoms with Crippen LogP contribution in [0.15, 0.2) is 24.3 Å². The van der Waals surface area contributed by atoms with Crippen molar-refractivity contribution >= 4 is 17.7 Å². The Hall–Kier alpha value is -2.03. The predicted octanol–water partition coefficient (Wildman–Crippen LogP) is 3.14. The molecule has 5 unspecified atom stereocenters. The summed E-state index contributed by atoms with van der Waals surface area (Å²) >= 11 is 0. The maximum Gasteiger partial charge on any atom is 0.306 e. The Morgan fingerprint density at radius 1 is 1.22 bits per heavy atom. The van der Waals surface area contributed by atoms with E-state index in [1.807, 2.05) is 19.9 Å². The summed E-state index contributed by atoms with van der Waals surface area (Å²) < 4.78 is 28.9. The molecule has 1 saturated heterocycles. The van der Waals surface area contributed by atoms with Gasteiger partial charge in [-0.3, -0.25) is 14.4 Å². The van der Waals surface area contributed by atoms with E-state index in [-0.39, 0.29) is 18.1 Å². The van der Waals surface area contributed by atoms with Crippen molar-refractivity contribution in [2.24, 2.45) is 11.8 Å². The highest BCUT2D eigenvalue weighted by Crippen LogP contribution is 2.33. The molecule has 8 heteroatoms. The highest BCUT2D eigenvalue weighted by molar-refractivity contribution is 5.91. The Labute approximate surface area is 190 Å². The van der Waals surface area contributed by atoms with E-state index < -0.39 is 42.5 Å². The number of ether oxygens (including phenoxy) is 5. The highest BCUT2D eigenvalue weighted by atomic mass is 16.7. The van der Waals surface area contributed by atoms with Gasteiger partial charge in [-0.15, -0.1) is 0 Å². The van der Waals surface area contributed by atoms with E-state index in [1.165, 1.54) is 20.1 Å². The first-order valence-electron chi connectivity index (χ1n) is 11.4. The SMILES string of the molecule is CCCC(OC(C)=O)C(OC)C1OC(=O)CCC=CC=CC(=O)C(C)CC1C1OCCO1. The van der Waals surface area contributed by atoms with Crippen LogP contribution >= 0.6 is 0 Å². The van der Waals surface area contributed by atoms with Gasteiger partial charge in [-0.25, -0.2) is 0 Å². The van der Waals surface area contributed by atoms with Gasteiger partial charge in [0, 0.05) is 26.4 Å². The molecule has 0 aromatic carbocycles. The van der Waals surface area contributed by atoms with E-state index in [0.29, 0.717) is 32.5 Å². The number of rotatable bonds is 7. The summed E-state index contributed by atoms with van der Waals surface area (Å²) in [5.41, 5.74) is 0. The Kier molecular flexibility index (Phi) is 11.1. The van der Waals surface area contributed by atoms with Gasteiger partial charge < -0.3 is 23.7 Å². The van der Waals surface area contributed by atoms with Crippen molar-refractivity contribution in [2.75, 3.05) is 20.3 Å². The second-order valence-electron chi connectivity index (χ2n) is 8.23. The Morgan fingerprint density at radius 2 is 1.94 bits per heavy atom. The molecule has 5 atom stereocenters. The minimum Gasteiger partial charge on any atom is -0.460 e. The Bertz CT molecular complexity index is 679. The number of methoxy groups -OCH3 is 1. The summed E-state index contributed by atoms with van der Waals surface area (Å²) in [4.78, 5) is 37.2. The van der Waals surface area contributed by atoms with Crippen molar-refractivity contribution in [1.82, 2.24) is 0 Å². The van der Waals surface area contributed by atoms with Gasteiger partial charge >= 0.3 is 11.9 Å². The quantitative estimate of drug-likeness (QED) is 0.544. The van der Waals surface area contributed by atoms with Crippen molar-refractivity contribution in [3.8, 4) is 0 Å². The third kappa shape index (κ3) is 7.83. The lowest BCUT2D eigenvalue weighted by atomic mass is 9.84. The van der Waals surface area contributed by atoms with Crippen LogP contribution in [0.5, 0.6) is 0 Å². The molecule has 32 heavy (non-hydrogen) atoms. The van der Waals surface area contributed by atoms with Crippen LogP contribution in [-0.2, 0) is 38.1 Å². The molecule has 2 heterocycles. The van der Waals surface area contributed by atoms with Crippen molar-refractivity contribution in [3.63, 3.8) is 0 Å². The maximum atomic E-state index is 12.7. The van der Waals surface area contributed by atoms with Gasteiger partial charge in [0.05, 0.1) is 19.1 Å². The zero-order valence-electron chi connectivity index (χ0n) is 19.5. The van der Waals surface area contributed by atoms with Gasteiger partial charge in [0.25, 0.3) is 0 Å². The number of hydrogen-bond donors (Lipinski definition) is 0. The van der Waals surface area contributed by atoms with Crippen LogP contribution in [0, 0.1) is 11.8 Å². The average Bonchev–Trinajstić information content (AvgIpc) is 3.27. The highest BCUT2D eigenvalue weighted by Gasteiger charge is 2.45. The molecule has 0 bridgehead atoms. The van der Waals surface area contributed by atoms with Crippen molar-refractivity contribution < 1.29 is 38.1 Å². The van der Waals surface area contributed by atoms with E-state index >= 15 is 0 Å². The molecule has 2 aliphatic rings. The van der Waals surface area contributed by atoms with Crippen LogP contribution in [0.3, 0.4) is 0 Å². The number of cyclic esters (lactones) is 1. The number of ketones is 1. The molecule has 8 nitrogen and oxygen atoms in total. The summed E-state index contributed by atoms with van der Waals surface area (Å²) in [7, 11) is 1.50. The van der Waals surface area contributed by atoms with Gasteiger partial charge in [-0.05, 0) is 25.3 Å². The molecule has 0 saturated carbocycles. The zero-order chi connectivity index (χ0) is 23.5. The largest absolute Gasteiger partial charge is 0.460 e. The standard InChI is InChI=1S/C24H36O8/c1-5-10-20(31-17(3)25)23(28-4)22-18(24-29-13-14-30-24)15-16(2)19(26)11-8-6-7-9-12-21(27)32-22/h6-8,11,16,18,20,22-24H,5,9-10,12-15H2,1-4H3. The molecular formula is C24H36O8. The molecule has 2 rings (SSSR count). The van der Waals surface area contributed by atoms with Crippen LogP contribution in [0.1, 0.15) is 52.9 Å². The van der Waals surface area contributed by atoms with Crippen molar-refractivity contribution in [3.05, 3.63) is 24.3 Å². The molecule has 0 aromatic heterocycles. The van der Waals surface area contributed by atoms with Gasteiger partial charge in [-0.1, -0.05) is 38.5 Å².